The molecule has 0 aliphatic carbocycles. The highest BCUT2D eigenvalue weighted by Gasteiger charge is 2.11. The normalized spacial score (nSPS) is 12.7. The predicted molar refractivity (Wildman–Crippen MR) is 58.1 cm³/mol. The molecule has 3 nitrogen and oxygen atoms in total. The first-order valence-electron chi connectivity index (χ1n) is 4.76. The molecule has 14 heavy (non-hydrogen) atoms. The molecular weight excluding hydrogens is 178 g/mol. The summed E-state index contributed by atoms with van der Waals surface area (Å²) in [5, 5.41) is 3.20. The topological polar surface area (TPSA) is 38.3 Å². The first-order chi connectivity index (χ1) is 6.74. The lowest BCUT2D eigenvalue weighted by atomic mass is 10.1. The van der Waals surface area contributed by atoms with Crippen molar-refractivity contribution in [3.63, 3.8) is 0 Å². The molecule has 0 fully saturated rings. The molecule has 0 spiro atoms. The standard InChI is InChI=1S/C11H19NO2/c1-4-6-7-10(12-8-5-2)9-11(13)14-3/h4-6,10,12H,2,7-9H2,1,3H3/b6-4+/t10-/m0/s1. The van der Waals surface area contributed by atoms with Crippen molar-refractivity contribution in [2.75, 3.05) is 13.7 Å². The minimum absolute atomic E-state index is 0.136. The van der Waals surface area contributed by atoms with E-state index >= 15 is 0 Å². The van der Waals surface area contributed by atoms with Gasteiger partial charge in [-0.2, -0.15) is 0 Å². The number of methoxy groups -OCH3 is 1. The van der Waals surface area contributed by atoms with Crippen molar-refractivity contribution < 1.29 is 9.53 Å². The third kappa shape index (κ3) is 6.43. The van der Waals surface area contributed by atoms with Crippen molar-refractivity contribution in [3.8, 4) is 0 Å². The lowest BCUT2D eigenvalue weighted by Crippen LogP contribution is -2.31. The molecule has 0 aliphatic heterocycles. The van der Waals surface area contributed by atoms with Crippen LogP contribution in [-0.2, 0) is 9.53 Å². The molecule has 0 aromatic heterocycles. The van der Waals surface area contributed by atoms with Gasteiger partial charge < -0.3 is 10.1 Å². The third-order valence-electron chi connectivity index (χ3n) is 1.85. The Labute approximate surface area is 85.8 Å². The van der Waals surface area contributed by atoms with Gasteiger partial charge in [0.15, 0.2) is 0 Å². The molecule has 0 aromatic carbocycles. The largest absolute Gasteiger partial charge is 0.469 e. The number of hydrogen-bond donors (Lipinski definition) is 1. The van der Waals surface area contributed by atoms with Crippen LogP contribution in [0.1, 0.15) is 19.8 Å². The molecule has 0 heterocycles. The molecule has 80 valence electrons. The molecule has 3 heteroatoms. The van der Waals surface area contributed by atoms with Gasteiger partial charge in [0.05, 0.1) is 13.5 Å². The van der Waals surface area contributed by atoms with Gasteiger partial charge in [-0.05, 0) is 13.3 Å². The van der Waals surface area contributed by atoms with Crippen LogP contribution in [-0.4, -0.2) is 25.7 Å². The van der Waals surface area contributed by atoms with Crippen LogP contribution in [0.4, 0.5) is 0 Å². The number of carbonyl (C=O) groups excluding carboxylic acids is 1. The van der Waals surface area contributed by atoms with Crippen molar-refractivity contribution in [2.24, 2.45) is 0 Å². The van der Waals surface area contributed by atoms with Crippen molar-refractivity contribution in [1.29, 1.82) is 0 Å². The maximum atomic E-state index is 11.0. The average Bonchev–Trinajstić information content (AvgIpc) is 2.21. The summed E-state index contributed by atoms with van der Waals surface area (Å²) in [7, 11) is 1.41. The Hall–Kier alpha value is -1.09. The van der Waals surface area contributed by atoms with Gasteiger partial charge in [-0.3, -0.25) is 4.79 Å². The van der Waals surface area contributed by atoms with Crippen LogP contribution in [0.3, 0.4) is 0 Å². The molecule has 0 saturated carbocycles. The van der Waals surface area contributed by atoms with Crippen LogP contribution in [0.25, 0.3) is 0 Å². The van der Waals surface area contributed by atoms with E-state index in [-0.39, 0.29) is 12.0 Å². The second-order valence-corrected chi connectivity index (χ2v) is 2.98. The van der Waals surface area contributed by atoms with Crippen LogP contribution in [0, 0.1) is 0 Å². The highest BCUT2D eigenvalue weighted by molar-refractivity contribution is 5.69. The third-order valence-corrected chi connectivity index (χ3v) is 1.85. The smallest absolute Gasteiger partial charge is 0.307 e. The SMILES string of the molecule is C=CCN[C@@H](C/C=C/C)CC(=O)OC. The summed E-state index contributed by atoms with van der Waals surface area (Å²) in [6.45, 7) is 6.28. The van der Waals surface area contributed by atoms with Crippen LogP contribution in [0.2, 0.25) is 0 Å². The maximum absolute atomic E-state index is 11.0. The van der Waals surface area contributed by atoms with Gasteiger partial charge in [0.1, 0.15) is 0 Å². The van der Waals surface area contributed by atoms with E-state index in [0.717, 1.165) is 6.42 Å². The number of carbonyl (C=O) groups is 1. The van der Waals surface area contributed by atoms with Gasteiger partial charge in [-0.25, -0.2) is 0 Å². The Morgan fingerprint density at radius 1 is 1.64 bits per heavy atom. The van der Waals surface area contributed by atoms with Gasteiger partial charge in [0.2, 0.25) is 0 Å². The van der Waals surface area contributed by atoms with Crippen molar-refractivity contribution in [3.05, 3.63) is 24.8 Å². The molecule has 0 saturated heterocycles. The summed E-state index contributed by atoms with van der Waals surface area (Å²) in [6, 6.07) is 0.136. The average molecular weight is 197 g/mol. The van der Waals surface area contributed by atoms with Crippen molar-refractivity contribution in [1.82, 2.24) is 5.32 Å². The second-order valence-electron chi connectivity index (χ2n) is 2.98. The van der Waals surface area contributed by atoms with Crippen LogP contribution in [0.5, 0.6) is 0 Å². The lowest BCUT2D eigenvalue weighted by Gasteiger charge is -2.14. The molecule has 1 atom stereocenters. The molecule has 0 rings (SSSR count). The van der Waals surface area contributed by atoms with Crippen LogP contribution >= 0.6 is 0 Å². The number of hydrogen-bond acceptors (Lipinski definition) is 3. The minimum atomic E-state index is -0.184. The number of esters is 1. The number of ether oxygens (including phenoxy) is 1. The molecule has 0 radical (unpaired) electrons. The Balaban J connectivity index is 3.95. The van der Waals surface area contributed by atoms with Crippen molar-refractivity contribution in [2.45, 2.75) is 25.8 Å². The lowest BCUT2D eigenvalue weighted by molar-refractivity contribution is -0.141. The van der Waals surface area contributed by atoms with E-state index < -0.39 is 0 Å². The van der Waals surface area contributed by atoms with E-state index in [1.165, 1.54) is 7.11 Å². The fourth-order valence-corrected chi connectivity index (χ4v) is 1.07. The van der Waals surface area contributed by atoms with E-state index in [4.69, 9.17) is 0 Å². The first-order valence-corrected chi connectivity index (χ1v) is 4.76. The Bertz CT molecular complexity index is 199. The molecule has 0 aromatic rings. The summed E-state index contributed by atoms with van der Waals surface area (Å²) in [4.78, 5) is 11.0. The Morgan fingerprint density at radius 2 is 2.36 bits per heavy atom. The zero-order chi connectivity index (χ0) is 10.8. The fourth-order valence-electron chi connectivity index (χ4n) is 1.07. The van der Waals surface area contributed by atoms with E-state index in [9.17, 15) is 4.79 Å². The summed E-state index contributed by atoms with van der Waals surface area (Å²) in [5.41, 5.74) is 0. The molecule has 0 unspecified atom stereocenters. The number of nitrogens with one attached hydrogen (secondary N) is 1. The molecular formula is C11H19NO2. The molecule has 0 amide bonds. The van der Waals surface area contributed by atoms with Gasteiger partial charge in [-0.15, -0.1) is 6.58 Å². The maximum Gasteiger partial charge on any atom is 0.307 e. The highest BCUT2D eigenvalue weighted by Crippen LogP contribution is 2.01. The monoisotopic (exact) mass is 197 g/mol. The summed E-state index contributed by atoms with van der Waals surface area (Å²) >= 11 is 0. The zero-order valence-electron chi connectivity index (χ0n) is 8.95. The van der Waals surface area contributed by atoms with E-state index in [2.05, 4.69) is 16.6 Å². The number of rotatable bonds is 7. The number of allylic oxidation sites excluding steroid dienone is 1. The van der Waals surface area contributed by atoms with Gasteiger partial charge >= 0.3 is 5.97 Å². The summed E-state index contributed by atoms with van der Waals surface area (Å²) in [5.74, 6) is -0.184. The highest BCUT2D eigenvalue weighted by atomic mass is 16.5. The van der Waals surface area contributed by atoms with Gasteiger partial charge in [0, 0.05) is 12.6 Å². The Morgan fingerprint density at radius 3 is 2.86 bits per heavy atom. The van der Waals surface area contributed by atoms with E-state index in [0.29, 0.717) is 13.0 Å². The second kappa shape index (κ2) is 8.51. The molecule has 1 N–H and O–H groups in total. The zero-order valence-corrected chi connectivity index (χ0v) is 8.95. The fraction of sp³-hybridized carbons (Fsp3) is 0.545. The first kappa shape index (κ1) is 12.9. The predicted octanol–water partition coefficient (Wildman–Crippen LogP) is 1.66. The van der Waals surface area contributed by atoms with E-state index in [1.807, 2.05) is 19.1 Å². The van der Waals surface area contributed by atoms with Gasteiger partial charge in [-0.1, -0.05) is 18.2 Å². The van der Waals surface area contributed by atoms with E-state index in [1.54, 1.807) is 6.08 Å². The quantitative estimate of drug-likeness (QED) is 0.498. The van der Waals surface area contributed by atoms with Crippen LogP contribution < -0.4 is 5.32 Å². The summed E-state index contributed by atoms with van der Waals surface area (Å²) < 4.78 is 4.61. The summed E-state index contributed by atoms with van der Waals surface area (Å²) in [6.07, 6.45) is 7.01. The molecule has 0 bridgehead atoms. The minimum Gasteiger partial charge on any atom is -0.469 e. The van der Waals surface area contributed by atoms with Crippen LogP contribution in [0.15, 0.2) is 24.8 Å². The van der Waals surface area contributed by atoms with Crippen molar-refractivity contribution >= 4 is 5.97 Å². The Kier molecular flexibility index (Phi) is 7.84. The molecule has 0 aliphatic rings. The van der Waals surface area contributed by atoms with Gasteiger partial charge in [0.25, 0.3) is 0 Å².